The van der Waals surface area contributed by atoms with Gasteiger partial charge in [-0.3, -0.25) is 4.40 Å². The summed E-state index contributed by atoms with van der Waals surface area (Å²) in [5, 5.41) is 15.3. The molecule has 0 aliphatic rings. The minimum absolute atomic E-state index is 0.322. The molecule has 0 aliphatic carbocycles. The van der Waals surface area contributed by atoms with Crippen LogP contribution in [0.1, 0.15) is 0 Å². The highest BCUT2D eigenvalue weighted by molar-refractivity contribution is 6.39. The number of anilines is 3. The fourth-order valence-corrected chi connectivity index (χ4v) is 3.73. The van der Waals surface area contributed by atoms with E-state index in [1.807, 2.05) is 40.9 Å². The number of rotatable bonds is 5. The molecule has 2 aromatic carbocycles. The van der Waals surface area contributed by atoms with Crippen LogP contribution in [0.2, 0.25) is 10.0 Å². The fraction of sp³-hybridized carbons (Fsp3) is 0.0476. The van der Waals surface area contributed by atoms with Crippen molar-refractivity contribution in [2.24, 2.45) is 0 Å². The zero-order valence-electron chi connectivity index (χ0n) is 16.2. The summed E-state index contributed by atoms with van der Waals surface area (Å²) in [6, 6.07) is 15.1. The summed E-state index contributed by atoms with van der Waals surface area (Å²) < 4.78 is 7.54. The number of benzene rings is 2. The van der Waals surface area contributed by atoms with Gasteiger partial charge in [0.1, 0.15) is 11.5 Å². The van der Waals surface area contributed by atoms with Crippen molar-refractivity contribution in [2.75, 3.05) is 17.7 Å². The molecule has 0 atom stereocenters. The number of para-hydroxylation sites is 1. The van der Waals surface area contributed by atoms with Crippen LogP contribution in [0, 0.1) is 0 Å². The van der Waals surface area contributed by atoms with Gasteiger partial charge < -0.3 is 15.1 Å². The molecule has 0 spiro atoms. The van der Waals surface area contributed by atoms with Crippen molar-refractivity contribution in [3.63, 3.8) is 0 Å². The molecule has 2 N–H and O–H groups in total. The summed E-state index contributed by atoms with van der Waals surface area (Å²) in [5.41, 5.74) is 2.72. The lowest BCUT2D eigenvalue weighted by atomic mass is 10.0. The minimum Gasteiger partial charge on any atom is -0.403 e. The Balaban J connectivity index is 1.73. The standard InChI is InChI=1S/C21H15Cl2N7O/c1-24-21-29-28-19(31-21)13-7-3-2-6-12(13)16-18(30-11-5-10-25-20(30)27-16)26-17-14(22)8-4-9-15(17)23/h2-11,26H,1H3,(H,24,29). The number of nitrogens with zero attached hydrogens (tertiary/aromatic N) is 5. The van der Waals surface area contributed by atoms with Crippen LogP contribution in [0.4, 0.5) is 17.5 Å². The molecule has 3 aromatic heterocycles. The van der Waals surface area contributed by atoms with E-state index in [2.05, 4.69) is 25.8 Å². The van der Waals surface area contributed by atoms with Gasteiger partial charge in [-0.05, 0) is 24.3 Å². The summed E-state index contributed by atoms with van der Waals surface area (Å²) in [6.45, 7) is 0. The highest BCUT2D eigenvalue weighted by Crippen LogP contribution is 2.39. The molecule has 0 saturated heterocycles. The first-order valence-electron chi connectivity index (χ1n) is 9.31. The molecule has 5 rings (SSSR count). The molecule has 0 unspecified atom stereocenters. The normalized spacial score (nSPS) is 11.1. The molecule has 0 saturated carbocycles. The molecule has 10 heteroatoms. The Morgan fingerprint density at radius 2 is 1.71 bits per heavy atom. The summed E-state index contributed by atoms with van der Waals surface area (Å²) in [5.74, 6) is 1.53. The van der Waals surface area contributed by atoms with Crippen molar-refractivity contribution in [2.45, 2.75) is 0 Å². The Morgan fingerprint density at radius 3 is 2.45 bits per heavy atom. The van der Waals surface area contributed by atoms with E-state index in [4.69, 9.17) is 32.6 Å². The molecular weight excluding hydrogens is 437 g/mol. The number of imidazole rings is 1. The van der Waals surface area contributed by atoms with E-state index in [9.17, 15) is 0 Å². The maximum Gasteiger partial charge on any atom is 0.315 e. The van der Waals surface area contributed by atoms with Gasteiger partial charge >= 0.3 is 6.01 Å². The Hall–Kier alpha value is -3.62. The van der Waals surface area contributed by atoms with E-state index < -0.39 is 0 Å². The van der Waals surface area contributed by atoms with E-state index >= 15 is 0 Å². The van der Waals surface area contributed by atoms with E-state index in [0.29, 0.717) is 44.9 Å². The lowest BCUT2D eigenvalue weighted by Gasteiger charge is -2.12. The van der Waals surface area contributed by atoms with Crippen LogP contribution in [-0.2, 0) is 0 Å². The molecule has 0 aliphatic heterocycles. The molecular formula is C21H15Cl2N7O. The van der Waals surface area contributed by atoms with Gasteiger partial charge in [-0.2, -0.15) is 0 Å². The summed E-state index contributed by atoms with van der Waals surface area (Å²) in [4.78, 5) is 9.13. The number of aromatic nitrogens is 5. The fourth-order valence-electron chi connectivity index (χ4n) is 3.24. The van der Waals surface area contributed by atoms with Crippen molar-refractivity contribution in [1.82, 2.24) is 24.6 Å². The van der Waals surface area contributed by atoms with Crippen LogP contribution in [0.25, 0.3) is 28.5 Å². The molecule has 31 heavy (non-hydrogen) atoms. The Bertz CT molecular complexity index is 1380. The molecule has 154 valence electrons. The zero-order chi connectivity index (χ0) is 21.4. The number of fused-ring (bicyclic) bond motifs is 1. The molecule has 5 aromatic rings. The average Bonchev–Trinajstić information content (AvgIpc) is 3.41. The van der Waals surface area contributed by atoms with Gasteiger partial charge in [0.05, 0.1) is 15.7 Å². The van der Waals surface area contributed by atoms with Gasteiger partial charge in [0.15, 0.2) is 0 Å². The second-order valence-corrected chi connectivity index (χ2v) is 7.34. The predicted octanol–water partition coefficient (Wildman–Crippen LogP) is 5.54. The molecule has 8 nitrogen and oxygen atoms in total. The van der Waals surface area contributed by atoms with Crippen molar-refractivity contribution in [3.05, 3.63) is 71.0 Å². The van der Waals surface area contributed by atoms with Crippen LogP contribution < -0.4 is 10.6 Å². The number of nitrogens with one attached hydrogen (secondary N) is 2. The predicted molar refractivity (Wildman–Crippen MR) is 121 cm³/mol. The van der Waals surface area contributed by atoms with Gasteiger partial charge in [0.25, 0.3) is 0 Å². The molecule has 0 amide bonds. The smallest absolute Gasteiger partial charge is 0.315 e. The van der Waals surface area contributed by atoms with E-state index in [0.717, 1.165) is 11.1 Å². The van der Waals surface area contributed by atoms with Crippen LogP contribution in [0.15, 0.2) is 65.3 Å². The van der Waals surface area contributed by atoms with Crippen molar-refractivity contribution < 1.29 is 4.42 Å². The van der Waals surface area contributed by atoms with Crippen molar-refractivity contribution in [1.29, 1.82) is 0 Å². The average molecular weight is 452 g/mol. The van der Waals surface area contributed by atoms with Crippen LogP contribution in [0.3, 0.4) is 0 Å². The lowest BCUT2D eigenvalue weighted by molar-refractivity contribution is 0.585. The van der Waals surface area contributed by atoms with E-state index in [1.54, 1.807) is 31.4 Å². The molecule has 0 fully saturated rings. The van der Waals surface area contributed by atoms with Gasteiger partial charge in [0, 0.05) is 30.6 Å². The Morgan fingerprint density at radius 1 is 0.935 bits per heavy atom. The van der Waals surface area contributed by atoms with Crippen LogP contribution in [0.5, 0.6) is 0 Å². The first-order valence-corrected chi connectivity index (χ1v) is 10.1. The SMILES string of the molecule is CNc1nnc(-c2ccccc2-c2nc3ncccn3c2Nc2c(Cl)cccc2Cl)o1. The number of hydrogen-bond donors (Lipinski definition) is 2. The van der Waals surface area contributed by atoms with E-state index in [-0.39, 0.29) is 0 Å². The molecule has 0 bridgehead atoms. The monoisotopic (exact) mass is 451 g/mol. The van der Waals surface area contributed by atoms with Gasteiger partial charge in [-0.1, -0.05) is 52.6 Å². The van der Waals surface area contributed by atoms with Gasteiger partial charge in [-0.25, -0.2) is 9.97 Å². The second-order valence-electron chi connectivity index (χ2n) is 6.53. The quantitative estimate of drug-likeness (QED) is 0.362. The first kappa shape index (κ1) is 19.3. The number of hydrogen-bond acceptors (Lipinski definition) is 7. The summed E-state index contributed by atoms with van der Waals surface area (Å²) in [7, 11) is 1.71. The first-order chi connectivity index (χ1) is 15.2. The molecule has 3 heterocycles. The minimum atomic E-state index is 0.322. The number of halogens is 2. The van der Waals surface area contributed by atoms with Crippen LogP contribution >= 0.6 is 23.2 Å². The topological polar surface area (TPSA) is 93.2 Å². The van der Waals surface area contributed by atoms with Gasteiger partial charge in [0.2, 0.25) is 11.7 Å². The van der Waals surface area contributed by atoms with E-state index in [1.165, 1.54) is 0 Å². The third-order valence-electron chi connectivity index (χ3n) is 4.66. The van der Waals surface area contributed by atoms with Crippen molar-refractivity contribution in [3.8, 4) is 22.7 Å². The van der Waals surface area contributed by atoms with Crippen LogP contribution in [-0.4, -0.2) is 31.6 Å². The summed E-state index contributed by atoms with van der Waals surface area (Å²) in [6.07, 6.45) is 3.54. The van der Waals surface area contributed by atoms with Gasteiger partial charge in [-0.15, -0.1) is 5.10 Å². The van der Waals surface area contributed by atoms with Crippen molar-refractivity contribution >= 4 is 46.5 Å². The Kier molecular flexibility index (Phi) is 4.93. The third kappa shape index (κ3) is 3.45. The zero-order valence-corrected chi connectivity index (χ0v) is 17.7. The maximum absolute atomic E-state index is 6.41. The Labute approximate surface area is 186 Å². The molecule has 0 radical (unpaired) electrons. The lowest BCUT2D eigenvalue weighted by Crippen LogP contribution is -1.99. The largest absolute Gasteiger partial charge is 0.403 e. The highest BCUT2D eigenvalue weighted by atomic mass is 35.5. The summed E-state index contributed by atoms with van der Waals surface area (Å²) >= 11 is 12.8. The second kappa shape index (κ2) is 7.90. The highest BCUT2D eigenvalue weighted by Gasteiger charge is 2.21. The maximum atomic E-state index is 6.41. The third-order valence-corrected chi connectivity index (χ3v) is 5.29.